The van der Waals surface area contributed by atoms with Crippen LogP contribution in [0.15, 0.2) is 34.6 Å². The lowest BCUT2D eigenvalue weighted by Gasteiger charge is -2.28. The first-order valence-electron chi connectivity index (χ1n) is 6.79. The van der Waals surface area contributed by atoms with E-state index >= 15 is 0 Å². The Morgan fingerprint density at radius 3 is 2.65 bits per heavy atom. The number of nitro benzene ring substituents is 1. The molecule has 3 unspecified atom stereocenters. The Balaban J connectivity index is 1.64. The summed E-state index contributed by atoms with van der Waals surface area (Å²) in [5, 5.41) is 31.2. The van der Waals surface area contributed by atoms with Gasteiger partial charge in [-0.05, 0) is 25.0 Å². The third kappa shape index (κ3) is 1.44. The highest BCUT2D eigenvalue weighted by atomic mass is 16.6. The highest BCUT2D eigenvalue weighted by Crippen LogP contribution is 2.51. The van der Waals surface area contributed by atoms with Gasteiger partial charge in [-0.1, -0.05) is 5.22 Å². The molecule has 2 saturated carbocycles. The second-order valence-corrected chi connectivity index (χ2v) is 5.70. The molecular weight excluding hydrogens is 260 g/mol. The molecule has 0 aromatic heterocycles. The van der Waals surface area contributed by atoms with Gasteiger partial charge in [0.05, 0.1) is 22.8 Å². The molecule has 2 bridgehead atoms. The summed E-state index contributed by atoms with van der Waals surface area (Å²) in [4.78, 5) is 10.3. The second-order valence-electron chi connectivity index (χ2n) is 5.70. The summed E-state index contributed by atoms with van der Waals surface area (Å²) < 4.78 is 0. The van der Waals surface area contributed by atoms with Crippen LogP contribution in [0.1, 0.15) is 12.8 Å². The van der Waals surface area contributed by atoms with Crippen molar-refractivity contribution in [2.24, 2.45) is 22.2 Å². The summed E-state index contributed by atoms with van der Waals surface area (Å²) >= 11 is 0. The van der Waals surface area contributed by atoms with Gasteiger partial charge in [-0.15, -0.1) is 0 Å². The number of aliphatic hydroxyl groups is 1. The minimum absolute atomic E-state index is 0.0643. The van der Waals surface area contributed by atoms with Crippen molar-refractivity contribution in [3.05, 3.63) is 34.4 Å². The van der Waals surface area contributed by atoms with E-state index in [1.807, 2.05) is 5.01 Å². The van der Waals surface area contributed by atoms with Gasteiger partial charge in [0.25, 0.3) is 5.69 Å². The average Bonchev–Trinajstić information content (AvgIpc) is 3.10. The number of anilines is 1. The first-order chi connectivity index (χ1) is 9.66. The Labute approximate surface area is 115 Å². The Morgan fingerprint density at radius 1 is 1.25 bits per heavy atom. The number of nitro groups is 1. The molecule has 104 valence electrons. The van der Waals surface area contributed by atoms with Gasteiger partial charge in [-0.2, -0.15) is 5.11 Å². The maximum absolute atomic E-state index is 10.7. The van der Waals surface area contributed by atoms with Crippen LogP contribution in [0.25, 0.3) is 0 Å². The molecule has 0 saturated heterocycles. The fourth-order valence-electron chi connectivity index (χ4n) is 3.90. The molecule has 3 aliphatic rings. The number of benzene rings is 1. The van der Waals surface area contributed by atoms with Crippen LogP contribution in [-0.2, 0) is 0 Å². The third-order valence-corrected chi connectivity index (χ3v) is 4.83. The third-order valence-electron chi connectivity index (χ3n) is 4.83. The normalized spacial score (nSPS) is 37.5. The average molecular weight is 274 g/mol. The molecule has 2 aliphatic carbocycles. The van der Waals surface area contributed by atoms with Crippen molar-refractivity contribution in [3.8, 4) is 0 Å². The summed E-state index contributed by atoms with van der Waals surface area (Å²) in [5.74, 6) is 0.423. The van der Waals surface area contributed by atoms with E-state index in [2.05, 4.69) is 10.3 Å². The van der Waals surface area contributed by atoms with E-state index in [1.165, 1.54) is 12.1 Å². The van der Waals surface area contributed by atoms with Gasteiger partial charge in [-0.25, -0.2) is 5.01 Å². The monoisotopic (exact) mass is 274 g/mol. The van der Waals surface area contributed by atoms with Gasteiger partial charge in [0.15, 0.2) is 0 Å². The summed E-state index contributed by atoms with van der Waals surface area (Å²) in [6, 6.07) is 6.50. The molecule has 7 nitrogen and oxygen atoms in total. The molecule has 1 aromatic carbocycles. The lowest BCUT2D eigenvalue weighted by Crippen LogP contribution is -2.39. The highest BCUT2D eigenvalue weighted by Gasteiger charge is 2.59. The molecule has 1 aromatic rings. The Bertz CT molecular complexity index is 588. The Hall–Kier alpha value is -2.02. The predicted molar refractivity (Wildman–Crippen MR) is 70.2 cm³/mol. The fourth-order valence-corrected chi connectivity index (χ4v) is 3.90. The smallest absolute Gasteiger partial charge is 0.269 e. The minimum atomic E-state index is -0.417. The maximum Gasteiger partial charge on any atom is 0.269 e. The first-order valence-corrected chi connectivity index (χ1v) is 6.79. The number of aliphatic hydroxyl groups excluding tert-OH is 1. The number of nitrogens with zero attached hydrogens (tertiary/aromatic N) is 4. The molecule has 20 heavy (non-hydrogen) atoms. The van der Waals surface area contributed by atoms with Gasteiger partial charge in [0.1, 0.15) is 6.04 Å². The van der Waals surface area contributed by atoms with Gasteiger partial charge >= 0.3 is 0 Å². The van der Waals surface area contributed by atoms with E-state index in [0.29, 0.717) is 0 Å². The van der Waals surface area contributed by atoms with Crippen molar-refractivity contribution >= 4 is 11.4 Å². The van der Waals surface area contributed by atoms with Gasteiger partial charge in [0.2, 0.25) is 0 Å². The van der Waals surface area contributed by atoms with Crippen LogP contribution in [0.5, 0.6) is 0 Å². The van der Waals surface area contributed by atoms with E-state index in [9.17, 15) is 15.2 Å². The van der Waals surface area contributed by atoms with E-state index in [0.717, 1.165) is 18.5 Å². The van der Waals surface area contributed by atoms with Crippen LogP contribution >= 0.6 is 0 Å². The molecule has 5 atom stereocenters. The van der Waals surface area contributed by atoms with Crippen LogP contribution in [0.3, 0.4) is 0 Å². The number of non-ortho nitro benzene ring substituents is 1. The van der Waals surface area contributed by atoms with E-state index in [1.54, 1.807) is 12.1 Å². The minimum Gasteiger partial charge on any atom is -0.392 e. The zero-order chi connectivity index (χ0) is 13.9. The van der Waals surface area contributed by atoms with Gasteiger partial charge < -0.3 is 5.11 Å². The van der Waals surface area contributed by atoms with Crippen molar-refractivity contribution in [1.82, 2.24) is 0 Å². The van der Waals surface area contributed by atoms with E-state index < -0.39 is 4.92 Å². The highest BCUT2D eigenvalue weighted by molar-refractivity contribution is 5.52. The molecule has 7 heteroatoms. The molecule has 1 N–H and O–H groups in total. The quantitative estimate of drug-likeness (QED) is 0.658. The Morgan fingerprint density at radius 2 is 1.95 bits per heavy atom. The van der Waals surface area contributed by atoms with Crippen LogP contribution in [0, 0.1) is 22.0 Å². The number of rotatable bonds is 2. The lowest BCUT2D eigenvalue weighted by atomic mass is 9.91. The fraction of sp³-hybridized carbons (Fsp3) is 0.538. The van der Waals surface area contributed by atoms with Crippen molar-refractivity contribution in [1.29, 1.82) is 0 Å². The molecule has 1 aliphatic heterocycles. The maximum atomic E-state index is 10.7. The molecule has 2 fully saturated rings. The molecular formula is C13H14N4O3. The van der Waals surface area contributed by atoms with Crippen molar-refractivity contribution in [2.45, 2.75) is 31.0 Å². The SMILES string of the molecule is O=[N+]([O-])c1ccc(N2N=N[C@@H]3C4CCC(C4O)[C@@H]32)cc1. The second kappa shape index (κ2) is 3.99. The lowest BCUT2D eigenvalue weighted by molar-refractivity contribution is -0.384. The van der Waals surface area contributed by atoms with Crippen molar-refractivity contribution < 1.29 is 10.0 Å². The van der Waals surface area contributed by atoms with Crippen LogP contribution in [-0.4, -0.2) is 28.2 Å². The van der Waals surface area contributed by atoms with E-state index in [4.69, 9.17) is 0 Å². The van der Waals surface area contributed by atoms with E-state index in [-0.39, 0.29) is 35.7 Å². The number of hydrogen-bond acceptors (Lipinski definition) is 6. The molecule has 0 radical (unpaired) electrons. The van der Waals surface area contributed by atoms with Crippen molar-refractivity contribution in [3.63, 3.8) is 0 Å². The zero-order valence-electron chi connectivity index (χ0n) is 10.7. The summed E-state index contributed by atoms with van der Waals surface area (Å²) in [6.07, 6.45) is 1.73. The zero-order valence-corrected chi connectivity index (χ0v) is 10.7. The number of hydrogen-bond donors (Lipinski definition) is 1. The Kier molecular flexibility index (Phi) is 2.35. The molecule has 4 rings (SSSR count). The standard InChI is InChI=1S/C13H14N4O3/c18-13-9-5-6-10(13)12-11(9)14-15-16(12)7-1-3-8(4-2-7)17(19)20/h1-4,9-13,18H,5-6H2/t9?,10?,11-,12+,13?/m1/s1. The molecule has 0 amide bonds. The summed E-state index contributed by atoms with van der Waals surface area (Å²) in [5.41, 5.74) is 0.862. The molecule has 0 spiro atoms. The topological polar surface area (TPSA) is 91.3 Å². The summed E-state index contributed by atoms with van der Waals surface area (Å²) in [7, 11) is 0. The van der Waals surface area contributed by atoms with Crippen LogP contribution < -0.4 is 5.01 Å². The molecule has 1 heterocycles. The van der Waals surface area contributed by atoms with Crippen molar-refractivity contribution in [2.75, 3.05) is 5.01 Å². The predicted octanol–water partition coefficient (Wildman–Crippen LogP) is 1.92. The van der Waals surface area contributed by atoms with Crippen LogP contribution in [0.2, 0.25) is 0 Å². The van der Waals surface area contributed by atoms with Gasteiger partial charge in [0, 0.05) is 24.0 Å². The van der Waals surface area contributed by atoms with Crippen LogP contribution in [0.4, 0.5) is 11.4 Å². The summed E-state index contributed by atoms with van der Waals surface area (Å²) in [6.45, 7) is 0. The van der Waals surface area contributed by atoms with Gasteiger partial charge in [-0.3, -0.25) is 10.1 Å². The largest absolute Gasteiger partial charge is 0.392 e. The number of fused-ring (bicyclic) bond motifs is 5. The first kappa shape index (κ1) is 11.8.